The maximum atomic E-state index is 6.61. The van der Waals surface area contributed by atoms with E-state index in [1.165, 1.54) is 0 Å². The van der Waals surface area contributed by atoms with Gasteiger partial charge in [0.15, 0.2) is 0 Å². The quantitative estimate of drug-likeness (QED) is 0.288. The number of ether oxygens (including phenoxy) is 5. The van der Waals surface area contributed by atoms with Crippen molar-refractivity contribution >= 4 is 11.8 Å². The van der Waals surface area contributed by atoms with Gasteiger partial charge in [-0.2, -0.15) is 0 Å². The highest BCUT2D eigenvalue weighted by atomic mass is 32.2. The molecule has 0 amide bonds. The van der Waals surface area contributed by atoms with Crippen LogP contribution < -0.4 is 4.74 Å². The Kier molecular flexibility index (Phi) is 10.3. The van der Waals surface area contributed by atoms with Crippen molar-refractivity contribution in [3.05, 3.63) is 102 Å². The van der Waals surface area contributed by atoms with Crippen LogP contribution in [-0.4, -0.2) is 42.7 Å². The monoisotopic (exact) mass is 508 g/mol. The lowest BCUT2D eigenvalue weighted by Gasteiger charge is -2.45. The van der Waals surface area contributed by atoms with E-state index in [1.54, 1.807) is 18.9 Å². The second kappa shape index (κ2) is 13.8. The third kappa shape index (κ3) is 7.34. The highest BCUT2D eigenvalue weighted by Gasteiger charge is 2.46. The van der Waals surface area contributed by atoms with Crippen LogP contribution in [0.2, 0.25) is 0 Å². The summed E-state index contributed by atoms with van der Waals surface area (Å²) in [6.45, 7) is 5.62. The molecule has 5 atom stereocenters. The maximum Gasteiger partial charge on any atom is 0.132 e. The van der Waals surface area contributed by atoms with E-state index in [0.29, 0.717) is 19.8 Å². The molecule has 1 aliphatic rings. The van der Waals surface area contributed by atoms with Crippen molar-refractivity contribution in [1.29, 1.82) is 0 Å². The zero-order chi connectivity index (χ0) is 25.2. The Bertz CT molecular complexity index is 1010. The molecule has 3 aromatic rings. The average Bonchev–Trinajstić information content (AvgIpc) is 2.92. The van der Waals surface area contributed by atoms with Gasteiger partial charge in [-0.25, -0.2) is 0 Å². The van der Waals surface area contributed by atoms with E-state index in [2.05, 4.69) is 38.1 Å². The van der Waals surface area contributed by atoms with E-state index in [1.807, 2.05) is 60.7 Å². The largest absolute Gasteiger partial charge is 0.497 e. The van der Waals surface area contributed by atoms with Crippen LogP contribution in [0.4, 0.5) is 0 Å². The van der Waals surface area contributed by atoms with Crippen LogP contribution in [0, 0.1) is 0 Å². The minimum Gasteiger partial charge on any atom is -0.497 e. The molecule has 1 fully saturated rings. The first-order valence-electron chi connectivity index (χ1n) is 12.5. The van der Waals surface area contributed by atoms with Crippen molar-refractivity contribution in [2.45, 2.75) is 63.5 Å². The Morgan fingerprint density at radius 1 is 0.667 bits per heavy atom. The number of methoxy groups -OCH3 is 1. The molecule has 1 aliphatic heterocycles. The summed E-state index contributed by atoms with van der Waals surface area (Å²) >= 11 is 1.75. The predicted octanol–water partition coefficient (Wildman–Crippen LogP) is 6.25. The lowest BCUT2D eigenvalue weighted by molar-refractivity contribution is -0.242. The van der Waals surface area contributed by atoms with Gasteiger partial charge < -0.3 is 23.7 Å². The summed E-state index contributed by atoms with van der Waals surface area (Å²) < 4.78 is 31.4. The molecular weight excluding hydrogens is 472 g/mol. The van der Waals surface area contributed by atoms with Gasteiger partial charge in [-0.15, -0.1) is 11.8 Å². The van der Waals surface area contributed by atoms with Crippen LogP contribution in [0.15, 0.2) is 84.9 Å². The van der Waals surface area contributed by atoms with E-state index < -0.39 is 0 Å². The Morgan fingerprint density at radius 3 is 1.69 bits per heavy atom. The number of rotatable bonds is 12. The highest BCUT2D eigenvalue weighted by Crippen LogP contribution is 2.35. The summed E-state index contributed by atoms with van der Waals surface area (Å²) in [5.41, 5.74) is 3.15. The molecule has 192 valence electrons. The van der Waals surface area contributed by atoms with Gasteiger partial charge in [0.05, 0.1) is 33.0 Å². The van der Waals surface area contributed by atoms with Gasteiger partial charge in [0.1, 0.15) is 29.5 Å². The molecule has 0 spiro atoms. The van der Waals surface area contributed by atoms with Gasteiger partial charge in [0.2, 0.25) is 0 Å². The average molecular weight is 509 g/mol. The fraction of sp³-hybridized carbons (Fsp3) is 0.400. The van der Waals surface area contributed by atoms with E-state index in [0.717, 1.165) is 28.2 Å². The van der Waals surface area contributed by atoms with Crippen LogP contribution in [0.3, 0.4) is 0 Å². The van der Waals surface area contributed by atoms with E-state index >= 15 is 0 Å². The number of hydrogen-bond acceptors (Lipinski definition) is 6. The molecule has 3 aromatic carbocycles. The van der Waals surface area contributed by atoms with Crippen molar-refractivity contribution in [3.63, 3.8) is 0 Å². The van der Waals surface area contributed by atoms with Crippen molar-refractivity contribution in [2.75, 3.05) is 12.9 Å². The van der Waals surface area contributed by atoms with Gasteiger partial charge in [0.25, 0.3) is 0 Å². The second-order valence-corrected chi connectivity index (χ2v) is 10.2. The lowest BCUT2D eigenvalue weighted by atomic mass is 9.99. The lowest BCUT2D eigenvalue weighted by Crippen LogP contribution is -2.58. The molecule has 0 aromatic heterocycles. The molecule has 1 saturated heterocycles. The molecule has 36 heavy (non-hydrogen) atoms. The summed E-state index contributed by atoms with van der Waals surface area (Å²) in [5, 5.41) is 0. The van der Waals surface area contributed by atoms with Crippen LogP contribution in [-0.2, 0) is 38.8 Å². The molecule has 0 unspecified atom stereocenters. The minimum absolute atomic E-state index is 0.143. The van der Waals surface area contributed by atoms with Crippen LogP contribution in [0.1, 0.15) is 30.5 Å². The predicted molar refractivity (Wildman–Crippen MR) is 144 cm³/mol. The van der Waals surface area contributed by atoms with E-state index in [-0.39, 0.29) is 29.9 Å². The molecule has 4 rings (SSSR count). The third-order valence-electron chi connectivity index (χ3n) is 6.23. The van der Waals surface area contributed by atoms with Crippen molar-refractivity contribution in [2.24, 2.45) is 0 Å². The molecule has 0 N–H and O–H groups in total. The Balaban J connectivity index is 1.55. The topological polar surface area (TPSA) is 46.2 Å². The molecule has 0 bridgehead atoms. The Hall–Kier alpha value is -2.35. The summed E-state index contributed by atoms with van der Waals surface area (Å²) in [6.07, 6.45) is -1.01. The van der Waals surface area contributed by atoms with Crippen molar-refractivity contribution < 1.29 is 23.7 Å². The first-order chi connectivity index (χ1) is 17.7. The first-order valence-corrected chi connectivity index (χ1v) is 13.6. The van der Waals surface area contributed by atoms with Gasteiger partial charge in [0, 0.05) is 0 Å². The molecule has 0 radical (unpaired) electrons. The Labute approximate surface area is 219 Å². The maximum absolute atomic E-state index is 6.61. The molecular formula is C30H36O5S. The number of thioether (sulfide) groups is 1. The highest BCUT2D eigenvalue weighted by molar-refractivity contribution is 7.99. The minimum atomic E-state index is -0.299. The SMILES string of the molecule is CCS[C@@H]1O[C@@H](C)[C@H](OCc2ccccc2)[C@@H](OCc2ccc(OC)cc2)[C@H]1OCc1ccccc1. The standard InChI is InChI=1S/C30H36O5S/c1-4-36-30-29(34-20-24-13-9-6-10-14-24)28(33-21-25-15-17-26(31-3)18-16-25)27(22(2)35-30)32-19-23-11-7-5-8-12-23/h5-18,22,27-30H,4,19-21H2,1-3H3/t22-,27-,28+,29+,30-/m0/s1. The molecule has 6 heteroatoms. The number of benzene rings is 3. The van der Waals surface area contributed by atoms with Crippen LogP contribution >= 0.6 is 11.8 Å². The summed E-state index contributed by atoms with van der Waals surface area (Å²) in [5.74, 6) is 1.74. The van der Waals surface area contributed by atoms with Crippen molar-refractivity contribution in [1.82, 2.24) is 0 Å². The second-order valence-electron chi connectivity index (χ2n) is 8.81. The molecule has 5 nitrogen and oxygen atoms in total. The van der Waals surface area contributed by atoms with E-state index in [4.69, 9.17) is 23.7 Å². The van der Waals surface area contributed by atoms with Crippen LogP contribution in [0.5, 0.6) is 5.75 Å². The van der Waals surface area contributed by atoms with Gasteiger partial charge in [-0.1, -0.05) is 79.7 Å². The molecule has 0 aliphatic carbocycles. The summed E-state index contributed by atoms with van der Waals surface area (Å²) in [4.78, 5) is 0. The number of hydrogen-bond donors (Lipinski definition) is 0. The van der Waals surface area contributed by atoms with Gasteiger partial charge >= 0.3 is 0 Å². The van der Waals surface area contributed by atoms with Gasteiger partial charge in [-0.3, -0.25) is 0 Å². The van der Waals surface area contributed by atoms with Gasteiger partial charge in [-0.05, 0) is 41.5 Å². The fourth-order valence-electron chi connectivity index (χ4n) is 4.31. The first kappa shape index (κ1) is 26.7. The smallest absolute Gasteiger partial charge is 0.132 e. The zero-order valence-electron chi connectivity index (χ0n) is 21.2. The summed E-state index contributed by atoms with van der Waals surface area (Å²) in [6, 6.07) is 28.4. The van der Waals surface area contributed by atoms with E-state index in [9.17, 15) is 0 Å². The zero-order valence-corrected chi connectivity index (χ0v) is 22.1. The molecule has 1 heterocycles. The Morgan fingerprint density at radius 2 is 1.17 bits per heavy atom. The fourth-order valence-corrected chi connectivity index (χ4v) is 5.32. The normalized spacial score (nSPS) is 23.9. The third-order valence-corrected chi connectivity index (χ3v) is 7.27. The molecule has 0 saturated carbocycles. The van der Waals surface area contributed by atoms with Crippen LogP contribution in [0.25, 0.3) is 0 Å². The summed E-state index contributed by atoms with van der Waals surface area (Å²) in [7, 11) is 1.67. The van der Waals surface area contributed by atoms with Crippen molar-refractivity contribution in [3.8, 4) is 5.75 Å².